The lowest BCUT2D eigenvalue weighted by atomic mass is 9.74. The first kappa shape index (κ1) is 13.4. The standard InChI is InChI=1S/C19H23N/c1-15-14-17(19(2)10-12-20-13-11-19)8-9-18(15)16-6-4-3-5-7-16/h3-9,14,20H,10-13H2,1-2H3. The Hall–Kier alpha value is -1.60. The molecule has 0 unspecified atom stereocenters. The fourth-order valence-corrected chi connectivity index (χ4v) is 3.25. The maximum atomic E-state index is 3.46. The highest BCUT2D eigenvalue weighted by Crippen LogP contribution is 2.35. The van der Waals surface area contributed by atoms with Gasteiger partial charge >= 0.3 is 0 Å². The van der Waals surface area contributed by atoms with E-state index in [1.807, 2.05) is 0 Å². The Morgan fingerprint density at radius 2 is 1.65 bits per heavy atom. The second kappa shape index (κ2) is 5.41. The Labute approximate surface area is 122 Å². The van der Waals surface area contributed by atoms with Gasteiger partial charge in [-0.3, -0.25) is 0 Å². The largest absolute Gasteiger partial charge is 0.317 e. The van der Waals surface area contributed by atoms with Crippen LogP contribution < -0.4 is 5.32 Å². The zero-order valence-corrected chi connectivity index (χ0v) is 12.4. The Morgan fingerprint density at radius 1 is 0.950 bits per heavy atom. The van der Waals surface area contributed by atoms with E-state index in [1.165, 1.54) is 35.1 Å². The molecule has 1 heterocycles. The lowest BCUT2D eigenvalue weighted by molar-refractivity contribution is 0.335. The van der Waals surface area contributed by atoms with Gasteiger partial charge < -0.3 is 5.32 Å². The highest BCUT2D eigenvalue weighted by Gasteiger charge is 2.28. The van der Waals surface area contributed by atoms with Crippen LogP contribution in [-0.2, 0) is 5.41 Å². The summed E-state index contributed by atoms with van der Waals surface area (Å²) in [5.41, 5.74) is 5.88. The summed E-state index contributed by atoms with van der Waals surface area (Å²) in [6, 6.07) is 17.7. The monoisotopic (exact) mass is 265 g/mol. The van der Waals surface area contributed by atoms with Gasteiger partial charge in [0.1, 0.15) is 0 Å². The van der Waals surface area contributed by atoms with Crippen LogP contribution in [0.5, 0.6) is 0 Å². The Morgan fingerprint density at radius 3 is 2.30 bits per heavy atom. The lowest BCUT2D eigenvalue weighted by Gasteiger charge is -2.35. The second-order valence-electron chi connectivity index (χ2n) is 6.21. The van der Waals surface area contributed by atoms with Crippen LogP contribution in [0.3, 0.4) is 0 Å². The summed E-state index contributed by atoms with van der Waals surface area (Å²) in [6.07, 6.45) is 2.47. The predicted octanol–water partition coefficient (Wildman–Crippen LogP) is 4.30. The van der Waals surface area contributed by atoms with Crippen LogP contribution in [0.1, 0.15) is 30.9 Å². The third-order valence-electron chi connectivity index (χ3n) is 4.72. The molecule has 1 heteroatoms. The molecular weight excluding hydrogens is 242 g/mol. The van der Waals surface area contributed by atoms with Crippen molar-refractivity contribution in [2.24, 2.45) is 0 Å². The first-order valence-corrected chi connectivity index (χ1v) is 7.56. The second-order valence-corrected chi connectivity index (χ2v) is 6.21. The molecule has 0 atom stereocenters. The van der Waals surface area contributed by atoms with Crippen LogP contribution >= 0.6 is 0 Å². The van der Waals surface area contributed by atoms with Gasteiger partial charge in [0.15, 0.2) is 0 Å². The van der Waals surface area contributed by atoms with E-state index in [2.05, 4.69) is 67.7 Å². The minimum absolute atomic E-state index is 0.339. The summed E-state index contributed by atoms with van der Waals surface area (Å²) in [7, 11) is 0. The molecule has 0 saturated carbocycles. The maximum absolute atomic E-state index is 3.46. The van der Waals surface area contributed by atoms with Crippen LogP contribution in [0.15, 0.2) is 48.5 Å². The number of hydrogen-bond acceptors (Lipinski definition) is 1. The number of aryl methyl sites for hydroxylation is 1. The summed E-state index contributed by atoms with van der Waals surface area (Å²) >= 11 is 0. The maximum Gasteiger partial charge on any atom is -0.00405 e. The van der Waals surface area contributed by atoms with Crippen LogP contribution in [0.2, 0.25) is 0 Å². The fourth-order valence-electron chi connectivity index (χ4n) is 3.25. The molecule has 1 aliphatic rings. The molecule has 0 radical (unpaired) electrons. The normalized spacial score (nSPS) is 17.9. The zero-order chi connectivity index (χ0) is 14.0. The van der Waals surface area contributed by atoms with Gasteiger partial charge in [-0.25, -0.2) is 0 Å². The Balaban J connectivity index is 1.95. The predicted molar refractivity (Wildman–Crippen MR) is 86.1 cm³/mol. The minimum Gasteiger partial charge on any atom is -0.317 e. The van der Waals surface area contributed by atoms with E-state index in [0.717, 1.165) is 13.1 Å². The van der Waals surface area contributed by atoms with E-state index < -0.39 is 0 Å². The van der Waals surface area contributed by atoms with Crippen molar-refractivity contribution in [3.05, 3.63) is 59.7 Å². The van der Waals surface area contributed by atoms with Crippen molar-refractivity contribution in [1.82, 2.24) is 5.32 Å². The molecule has 0 bridgehead atoms. The van der Waals surface area contributed by atoms with Gasteiger partial charge in [0, 0.05) is 0 Å². The SMILES string of the molecule is Cc1cc(C2(C)CCNCC2)ccc1-c1ccccc1. The first-order chi connectivity index (χ1) is 9.69. The molecule has 0 amide bonds. The quantitative estimate of drug-likeness (QED) is 0.853. The van der Waals surface area contributed by atoms with Crippen LogP contribution in [0, 0.1) is 6.92 Å². The molecule has 1 saturated heterocycles. The number of hydrogen-bond donors (Lipinski definition) is 1. The van der Waals surface area contributed by atoms with Crippen LogP contribution in [-0.4, -0.2) is 13.1 Å². The van der Waals surface area contributed by atoms with Gasteiger partial charge in [0.25, 0.3) is 0 Å². The number of rotatable bonds is 2. The number of nitrogens with one attached hydrogen (secondary N) is 1. The van der Waals surface area contributed by atoms with Crippen LogP contribution in [0.4, 0.5) is 0 Å². The minimum atomic E-state index is 0.339. The average Bonchev–Trinajstić information content (AvgIpc) is 2.49. The van der Waals surface area contributed by atoms with E-state index in [4.69, 9.17) is 0 Å². The fraction of sp³-hybridized carbons (Fsp3) is 0.368. The van der Waals surface area contributed by atoms with Crippen molar-refractivity contribution >= 4 is 0 Å². The Kier molecular flexibility index (Phi) is 3.62. The average molecular weight is 265 g/mol. The van der Waals surface area contributed by atoms with E-state index in [0.29, 0.717) is 5.41 Å². The van der Waals surface area contributed by atoms with Gasteiger partial charge in [-0.15, -0.1) is 0 Å². The van der Waals surface area contributed by atoms with Gasteiger partial charge in [-0.05, 0) is 60.5 Å². The molecule has 0 aromatic heterocycles. The lowest BCUT2D eigenvalue weighted by Crippen LogP contribution is -2.37. The van der Waals surface area contributed by atoms with Gasteiger partial charge in [-0.1, -0.05) is 55.5 Å². The van der Waals surface area contributed by atoms with Gasteiger partial charge in [0.2, 0.25) is 0 Å². The summed E-state index contributed by atoms with van der Waals surface area (Å²) in [5.74, 6) is 0. The van der Waals surface area contributed by atoms with Crippen molar-refractivity contribution < 1.29 is 0 Å². The molecular formula is C19H23N. The van der Waals surface area contributed by atoms with E-state index in [9.17, 15) is 0 Å². The smallest absolute Gasteiger partial charge is 0.00405 e. The molecule has 1 fully saturated rings. The van der Waals surface area contributed by atoms with Crippen LogP contribution in [0.25, 0.3) is 11.1 Å². The zero-order valence-electron chi connectivity index (χ0n) is 12.4. The summed E-state index contributed by atoms with van der Waals surface area (Å²) in [6.45, 7) is 6.91. The third kappa shape index (κ3) is 2.51. The first-order valence-electron chi connectivity index (χ1n) is 7.56. The third-order valence-corrected chi connectivity index (χ3v) is 4.72. The molecule has 0 spiro atoms. The molecule has 20 heavy (non-hydrogen) atoms. The highest BCUT2D eigenvalue weighted by molar-refractivity contribution is 5.67. The summed E-state index contributed by atoms with van der Waals surface area (Å²) in [4.78, 5) is 0. The summed E-state index contributed by atoms with van der Waals surface area (Å²) in [5, 5.41) is 3.46. The van der Waals surface area contributed by atoms with E-state index >= 15 is 0 Å². The molecule has 1 aliphatic heterocycles. The summed E-state index contributed by atoms with van der Waals surface area (Å²) < 4.78 is 0. The van der Waals surface area contributed by atoms with Gasteiger partial charge in [-0.2, -0.15) is 0 Å². The van der Waals surface area contributed by atoms with Crippen molar-refractivity contribution in [1.29, 1.82) is 0 Å². The highest BCUT2D eigenvalue weighted by atomic mass is 14.9. The Bertz CT molecular complexity index is 580. The van der Waals surface area contributed by atoms with Crippen molar-refractivity contribution in [3.63, 3.8) is 0 Å². The molecule has 2 aromatic rings. The molecule has 1 nitrogen and oxygen atoms in total. The number of benzene rings is 2. The molecule has 104 valence electrons. The van der Waals surface area contributed by atoms with Crippen molar-refractivity contribution in [2.75, 3.05) is 13.1 Å². The topological polar surface area (TPSA) is 12.0 Å². The van der Waals surface area contributed by atoms with Crippen molar-refractivity contribution in [3.8, 4) is 11.1 Å². The number of piperidine rings is 1. The molecule has 3 rings (SSSR count). The van der Waals surface area contributed by atoms with E-state index in [1.54, 1.807) is 0 Å². The molecule has 1 N–H and O–H groups in total. The van der Waals surface area contributed by atoms with E-state index in [-0.39, 0.29) is 0 Å². The molecule has 2 aromatic carbocycles. The van der Waals surface area contributed by atoms with Crippen molar-refractivity contribution in [2.45, 2.75) is 32.1 Å². The van der Waals surface area contributed by atoms with Gasteiger partial charge in [0.05, 0.1) is 0 Å². The molecule has 0 aliphatic carbocycles.